The summed E-state index contributed by atoms with van der Waals surface area (Å²) >= 11 is 3.40. The maximum atomic E-state index is 11.3. The fraction of sp³-hybridized carbons (Fsp3) is 0. The lowest BCUT2D eigenvalue weighted by molar-refractivity contribution is 0.112. The lowest BCUT2D eigenvalue weighted by Crippen LogP contribution is -1.81. The Balaban J connectivity index is 2.33. The third-order valence-electron chi connectivity index (χ3n) is 2.84. The number of furan rings is 1. The van der Waals surface area contributed by atoms with Gasteiger partial charge in [0.2, 0.25) is 0 Å². The van der Waals surface area contributed by atoms with Gasteiger partial charge in [-0.1, -0.05) is 46.3 Å². The number of hydrogen-bond acceptors (Lipinski definition) is 2. The Morgan fingerprint density at radius 1 is 1.06 bits per heavy atom. The average Bonchev–Trinajstić information content (AvgIpc) is 2.77. The minimum atomic E-state index is 0.595. The molecule has 1 heterocycles. The Bertz CT molecular complexity index is 714. The van der Waals surface area contributed by atoms with Crippen LogP contribution >= 0.6 is 15.9 Å². The van der Waals surface area contributed by atoms with E-state index in [2.05, 4.69) is 15.9 Å². The zero-order valence-electron chi connectivity index (χ0n) is 9.39. The normalized spacial score (nSPS) is 10.7. The molecule has 2 nitrogen and oxygen atoms in total. The molecule has 0 radical (unpaired) electrons. The van der Waals surface area contributed by atoms with Gasteiger partial charge in [-0.25, -0.2) is 0 Å². The number of benzene rings is 2. The molecule has 0 N–H and O–H groups in total. The number of halogens is 1. The van der Waals surface area contributed by atoms with E-state index >= 15 is 0 Å². The van der Waals surface area contributed by atoms with Crippen LogP contribution in [0.4, 0.5) is 0 Å². The van der Waals surface area contributed by atoms with Crippen molar-refractivity contribution < 1.29 is 9.21 Å². The molecular weight excluding hydrogens is 292 g/mol. The standard InChI is InChI=1S/C15H9BrO2/c16-11-6-7-14-12(8-11)13(9-17)15(18-14)10-4-2-1-3-5-10/h1-9H. The Kier molecular flexibility index (Phi) is 2.76. The SMILES string of the molecule is O=Cc1c(-c2ccccc2)oc2ccc(Br)cc12. The van der Waals surface area contributed by atoms with Crippen LogP contribution in [-0.4, -0.2) is 6.29 Å². The van der Waals surface area contributed by atoms with Crippen molar-refractivity contribution >= 4 is 33.2 Å². The largest absolute Gasteiger partial charge is 0.455 e. The number of carbonyl (C=O) groups is 1. The van der Waals surface area contributed by atoms with Crippen LogP contribution in [0, 0.1) is 0 Å². The molecule has 0 aliphatic rings. The topological polar surface area (TPSA) is 30.2 Å². The highest BCUT2D eigenvalue weighted by molar-refractivity contribution is 9.10. The van der Waals surface area contributed by atoms with Gasteiger partial charge in [0, 0.05) is 15.4 Å². The van der Waals surface area contributed by atoms with Gasteiger partial charge >= 0.3 is 0 Å². The Morgan fingerprint density at radius 3 is 2.56 bits per heavy atom. The molecule has 3 rings (SSSR count). The van der Waals surface area contributed by atoms with E-state index in [0.29, 0.717) is 11.3 Å². The van der Waals surface area contributed by atoms with E-state index in [1.165, 1.54) is 0 Å². The molecule has 0 atom stereocenters. The third kappa shape index (κ3) is 1.77. The first kappa shape index (κ1) is 11.2. The number of aldehydes is 1. The molecule has 88 valence electrons. The van der Waals surface area contributed by atoms with E-state index in [-0.39, 0.29) is 0 Å². The third-order valence-corrected chi connectivity index (χ3v) is 3.34. The van der Waals surface area contributed by atoms with E-state index in [1.807, 2.05) is 48.5 Å². The number of carbonyl (C=O) groups excluding carboxylic acids is 1. The van der Waals surface area contributed by atoms with Crippen molar-refractivity contribution in [1.82, 2.24) is 0 Å². The monoisotopic (exact) mass is 300 g/mol. The molecule has 0 saturated heterocycles. The average molecular weight is 301 g/mol. The maximum Gasteiger partial charge on any atom is 0.154 e. The summed E-state index contributed by atoms with van der Waals surface area (Å²) < 4.78 is 6.71. The lowest BCUT2D eigenvalue weighted by atomic mass is 10.1. The quantitative estimate of drug-likeness (QED) is 0.644. The zero-order valence-corrected chi connectivity index (χ0v) is 11.0. The number of rotatable bonds is 2. The molecule has 0 bridgehead atoms. The highest BCUT2D eigenvalue weighted by Gasteiger charge is 2.15. The molecule has 1 aromatic heterocycles. The molecule has 0 aliphatic heterocycles. The van der Waals surface area contributed by atoms with Crippen molar-refractivity contribution in [2.75, 3.05) is 0 Å². The minimum absolute atomic E-state index is 0.595. The van der Waals surface area contributed by atoms with Gasteiger partial charge in [-0.15, -0.1) is 0 Å². The molecule has 18 heavy (non-hydrogen) atoms. The summed E-state index contributed by atoms with van der Waals surface area (Å²) in [4.78, 5) is 11.3. The second kappa shape index (κ2) is 4.42. The Hall–Kier alpha value is -1.87. The van der Waals surface area contributed by atoms with Gasteiger partial charge in [0.05, 0.1) is 5.56 Å². The molecule has 0 fully saturated rings. The van der Waals surface area contributed by atoms with Gasteiger partial charge in [-0.3, -0.25) is 4.79 Å². The number of fused-ring (bicyclic) bond motifs is 1. The first-order chi connectivity index (χ1) is 8.79. The lowest BCUT2D eigenvalue weighted by Gasteiger charge is -1.96. The van der Waals surface area contributed by atoms with Crippen molar-refractivity contribution in [1.29, 1.82) is 0 Å². The van der Waals surface area contributed by atoms with Crippen molar-refractivity contribution in [2.24, 2.45) is 0 Å². The van der Waals surface area contributed by atoms with Crippen LogP contribution in [0.2, 0.25) is 0 Å². The number of hydrogen-bond donors (Lipinski definition) is 0. The predicted octanol–water partition coefficient (Wildman–Crippen LogP) is 4.67. The summed E-state index contributed by atoms with van der Waals surface area (Å²) in [6.45, 7) is 0. The van der Waals surface area contributed by atoms with Gasteiger partial charge in [0.15, 0.2) is 6.29 Å². The van der Waals surface area contributed by atoms with E-state index in [0.717, 1.165) is 27.3 Å². The minimum Gasteiger partial charge on any atom is -0.455 e. The van der Waals surface area contributed by atoms with Crippen LogP contribution in [0.25, 0.3) is 22.3 Å². The van der Waals surface area contributed by atoms with Crippen LogP contribution in [-0.2, 0) is 0 Å². The van der Waals surface area contributed by atoms with Gasteiger partial charge in [0.1, 0.15) is 11.3 Å². The predicted molar refractivity (Wildman–Crippen MR) is 74.7 cm³/mol. The summed E-state index contributed by atoms with van der Waals surface area (Å²) in [6, 6.07) is 15.3. The second-order valence-electron chi connectivity index (χ2n) is 3.97. The van der Waals surface area contributed by atoms with Crippen LogP contribution in [0.1, 0.15) is 10.4 Å². The maximum absolute atomic E-state index is 11.3. The molecular formula is C15H9BrO2. The molecule has 0 unspecified atom stereocenters. The van der Waals surface area contributed by atoms with Gasteiger partial charge < -0.3 is 4.42 Å². The van der Waals surface area contributed by atoms with Gasteiger partial charge in [0.25, 0.3) is 0 Å². The Labute approximate surface area is 112 Å². The summed E-state index contributed by atoms with van der Waals surface area (Å²) in [5.74, 6) is 0.624. The molecule has 3 aromatic rings. The van der Waals surface area contributed by atoms with Crippen molar-refractivity contribution in [3.63, 3.8) is 0 Å². The molecule has 0 aliphatic carbocycles. The molecule has 3 heteroatoms. The summed E-state index contributed by atoms with van der Waals surface area (Å²) in [6.07, 6.45) is 0.848. The highest BCUT2D eigenvalue weighted by atomic mass is 79.9. The van der Waals surface area contributed by atoms with Crippen molar-refractivity contribution in [2.45, 2.75) is 0 Å². The molecule has 0 saturated carbocycles. The van der Waals surface area contributed by atoms with Crippen LogP contribution in [0.5, 0.6) is 0 Å². The van der Waals surface area contributed by atoms with Crippen molar-refractivity contribution in [3.8, 4) is 11.3 Å². The van der Waals surface area contributed by atoms with E-state index in [9.17, 15) is 4.79 Å². The summed E-state index contributed by atoms with van der Waals surface area (Å²) in [5.41, 5.74) is 2.23. The first-order valence-electron chi connectivity index (χ1n) is 5.52. The fourth-order valence-electron chi connectivity index (χ4n) is 2.01. The van der Waals surface area contributed by atoms with Crippen molar-refractivity contribution in [3.05, 3.63) is 58.6 Å². The fourth-order valence-corrected chi connectivity index (χ4v) is 2.37. The first-order valence-corrected chi connectivity index (χ1v) is 6.31. The van der Waals surface area contributed by atoms with Crippen LogP contribution in [0.3, 0.4) is 0 Å². The van der Waals surface area contributed by atoms with Gasteiger partial charge in [-0.05, 0) is 18.2 Å². The second-order valence-corrected chi connectivity index (χ2v) is 4.88. The van der Waals surface area contributed by atoms with E-state index < -0.39 is 0 Å². The zero-order chi connectivity index (χ0) is 12.5. The highest BCUT2D eigenvalue weighted by Crippen LogP contribution is 2.33. The summed E-state index contributed by atoms with van der Waals surface area (Å²) in [7, 11) is 0. The molecule has 2 aromatic carbocycles. The van der Waals surface area contributed by atoms with Crippen LogP contribution in [0.15, 0.2) is 57.4 Å². The summed E-state index contributed by atoms with van der Waals surface area (Å²) in [5, 5.41) is 0.832. The molecule has 0 amide bonds. The van der Waals surface area contributed by atoms with Gasteiger partial charge in [-0.2, -0.15) is 0 Å². The smallest absolute Gasteiger partial charge is 0.154 e. The Morgan fingerprint density at radius 2 is 1.83 bits per heavy atom. The van der Waals surface area contributed by atoms with E-state index in [1.54, 1.807) is 0 Å². The molecule has 0 spiro atoms. The van der Waals surface area contributed by atoms with E-state index in [4.69, 9.17) is 4.42 Å². The van der Waals surface area contributed by atoms with Crippen LogP contribution < -0.4 is 0 Å².